The first kappa shape index (κ1) is 24.9. The van der Waals surface area contributed by atoms with Gasteiger partial charge in [0.1, 0.15) is 28.4 Å². The second-order valence-corrected chi connectivity index (χ2v) is 9.90. The van der Waals surface area contributed by atoms with Crippen LogP contribution >= 0.6 is 11.8 Å². The average molecular weight is 495 g/mol. The second kappa shape index (κ2) is 10.9. The van der Waals surface area contributed by atoms with Crippen molar-refractivity contribution in [1.29, 1.82) is 0 Å². The predicted molar refractivity (Wildman–Crippen MR) is 124 cm³/mol. The van der Waals surface area contributed by atoms with Crippen LogP contribution in [0.2, 0.25) is 0 Å². The number of aryl methyl sites for hydroxylation is 1. The minimum absolute atomic E-state index is 0.00383. The number of hydrogen-bond acceptors (Lipinski definition) is 5. The van der Waals surface area contributed by atoms with Gasteiger partial charge in [-0.15, -0.1) is 0 Å². The number of carbonyl (C=O) groups excluding carboxylic acids is 1. The van der Waals surface area contributed by atoms with Gasteiger partial charge in [-0.2, -0.15) is 16.5 Å². The van der Waals surface area contributed by atoms with Crippen LogP contribution in [-0.2, 0) is 21.4 Å². The van der Waals surface area contributed by atoms with Crippen molar-refractivity contribution >= 4 is 27.7 Å². The molecule has 1 atom stereocenters. The standard InChI is InChI=1S/C22H24F2N4O3S2/c1-15-25-10-11-28(15)20-8-7-16(13-18(20)24)14-26-22(29)19(9-12-32-2)27-33(30,31)21-6-4-3-5-17(21)23/h3-8,10-11,13,19,27H,9,12,14H2,1-2H3,(H,26,29). The van der Waals surface area contributed by atoms with Crippen LogP contribution in [0.1, 0.15) is 17.8 Å². The molecule has 0 aliphatic heterocycles. The number of carbonyl (C=O) groups is 1. The van der Waals surface area contributed by atoms with Crippen LogP contribution in [0.25, 0.3) is 5.69 Å². The Kier molecular flexibility index (Phi) is 8.22. The molecule has 2 N–H and O–H groups in total. The van der Waals surface area contributed by atoms with Gasteiger partial charge in [0.15, 0.2) is 0 Å². The zero-order valence-corrected chi connectivity index (χ0v) is 19.7. The van der Waals surface area contributed by atoms with Crippen LogP contribution in [0.3, 0.4) is 0 Å². The van der Waals surface area contributed by atoms with Crippen molar-refractivity contribution in [2.45, 2.75) is 30.8 Å². The fraction of sp³-hybridized carbons (Fsp3) is 0.273. The van der Waals surface area contributed by atoms with Crippen molar-refractivity contribution in [3.8, 4) is 5.69 Å². The summed E-state index contributed by atoms with van der Waals surface area (Å²) in [5, 5.41) is 2.63. The lowest BCUT2D eigenvalue weighted by Crippen LogP contribution is -2.46. The highest BCUT2D eigenvalue weighted by atomic mass is 32.2. The Labute approximate surface area is 195 Å². The summed E-state index contributed by atoms with van der Waals surface area (Å²) in [4.78, 5) is 16.3. The number of sulfonamides is 1. The van der Waals surface area contributed by atoms with Gasteiger partial charge in [-0.3, -0.25) is 4.79 Å². The number of aromatic nitrogens is 2. The molecule has 11 heteroatoms. The fourth-order valence-electron chi connectivity index (χ4n) is 3.19. The number of nitrogens with one attached hydrogen (secondary N) is 2. The zero-order chi connectivity index (χ0) is 24.0. The van der Waals surface area contributed by atoms with Crippen molar-refractivity contribution in [2.24, 2.45) is 0 Å². The molecule has 0 bridgehead atoms. The first-order valence-corrected chi connectivity index (χ1v) is 12.9. The zero-order valence-electron chi connectivity index (χ0n) is 18.1. The summed E-state index contributed by atoms with van der Waals surface area (Å²) in [6, 6.07) is 8.39. The van der Waals surface area contributed by atoms with Gasteiger partial charge in [-0.05, 0) is 55.2 Å². The number of thioether (sulfide) groups is 1. The summed E-state index contributed by atoms with van der Waals surface area (Å²) in [7, 11) is -4.25. The minimum atomic E-state index is -4.25. The number of nitrogens with zero attached hydrogens (tertiary/aromatic N) is 2. The molecule has 1 aromatic heterocycles. The van der Waals surface area contributed by atoms with Crippen LogP contribution in [-0.4, -0.2) is 41.9 Å². The minimum Gasteiger partial charge on any atom is -0.351 e. The summed E-state index contributed by atoms with van der Waals surface area (Å²) in [5.74, 6) is -0.835. The van der Waals surface area contributed by atoms with E-state index in [4.69, 9.17) is 0 Å². The molecule has 3 rings (SSSR count). The molecule has 1 amide bonds. The van der Waals surface area contributed by atoms with Crippen molar-refractivity contribution in [3.63, 3.8) is 0 Å². The molecule has 0 aliphatic rings. The SMILES string of the molecule is CSCCC(NS(=O)(=O)c1ccccc1F)C(=O)NCc1ccc(-n2ccnc2C)c(F)c1. The predicted octanol–water partition coefficient (Wildman–Crippen LogP) is 3.18. The van der Waals surface area contributed by atoms with Crippen LogP contribution in [0, 0.1) is 18.6 Å². The number of imidazole rings is 1. The summed E-state index contributed by atoms with van der Waals surface area (Å²) in [6.45, 7) is 1.75. The van der Waals surface area contributed by atoms with Crippen molar-refractivity contribution in [3.05, 3.63) is 77.9 Å². The van der Waals surface area contributed by atoms with Gasteiger partial charge >= 0.3 is 0 Å². The molecular weight excluding hydrogens is 470 g/mol. The normalized spacial score (nSPS) is 12.5. The Balaban J connectivity index is 1.71. The molecule has 1 unspecified atom stereocenters. The third kappa shape index (κ3) is 6.18. The van der Waals surface area contributed by atoms with Gasteiger partial charge in [0.25, 0.3) is 0 Å². The van der Waals surface area contributed by atoms with Gasteiger partial charge in [0.2, 0.25) is 15.9 Å². The second-order valence-electron chi connectivity index (χ2n) is 7.23. The molecule has 2 aromatic carbocycles. The number of amides is 1. The molecule has 1 heterocycles. The lowest BCUT2D eigenvalue weighted by atomic mass is 10.1. The van der Waals surface area contributed by atoms with E-state index in [0.29, 0.717) is 22.8 Å². The fourth-order valence-corrected chi connectivity index (χ4v) is 4.97. The highest BCUT2D eigenvalue weighted by Gasteiger charge is 2.27. The van der Waals surface area contributed by atoms with Crippen LogP contribution < -0.4 is 10.0 Å². The van der Waals surface area contributed by atoms with E-state index in [2.05, 4.69) is 15.0 Å². The van der Waals surface area contributed by atoms with Crippen molar-refractivity contribution < 1.29 is 22.0 Å². The first-order valence-electron chi connectivity index (χ1n) is 10.0. The molecule has 33 heavy (non-hydrogen) atoms. The summed E-state index contributed by atoms with van der Waals surface area (Å²) < 4.78 is 57.7. The molecule has 176 valence electrons. The third-order valence-electron chi connectivity index (χ3n) is 4.91. The maximum Gasteiger partial charge on any atom is 0.244 e. The van der Waals surface area contributed by atoms with E-state index in [1.165, 1.54) is 30.0 Å². The highest BCUT2D eigenvalue weighted by Crippen LogP contribution is 2.18. The topological polar surface area (TPSA) is 93.1 Å². The quantitative estimate of drug-likeness (QED) is 0.452. The number of benzene rings is 2. The molecule has 0 spiro atoms. The van der Waals surface area contributed by atoms with E-state index >= 15 is 0 Å². The van der Waals surface area contributed by atoms with E-state index in [1.54, 1.807) is 36.0 Å². The Morgan fingerprint density at radius 3 is 2.58 bits per heavy atom. The van der Waals surface area contributed by atoms with Crippen LogP contribution in [0.15, 0.2) is 59.8 Å². The van der Waals surface area contributed by atoms with Crippen LogP contribution in [0.4, 0.5) is 8.78 Å². The molecular formula is C22H24F2N4O3S2. The van der Waals surface area contributed by atoms with Crippen molar-refractivity contribution in [2.75, 3.05) is 12.0 Å². The molecule has 0 aliphatic carbocycles. The number of rotatable bonds is 10. The third-order valence-corrected chi connectivity index (χ3v) is 7.06. The van der Waals surface area contributed by atoms with Crippen molar-refractivity contribution in [1.82, 2.24) is 19.6 Å². The van der Waals surface area contributed by atoms with E-state index < -0.39 is 38.5 Å². The average Bonchev–Trinajstić information content (AvgIpc) is 3.20. The van der Waals surface area contributed by atoms with Gasteiger partial charge in [-0.25, -0.2) is 22.2 Å². The highest BCUT2D eigenvalue weighted by molar-refractivity contribution is 7.98. The van der Waals surface area contributed by atoms with E-state index in [-0.39, 0.29) is 13.0 Å². The lowest BCUT2D eigenvalue weighted by molar-refractivity contribution is -0.122. The van der Waals surface area contributed by atoms with Crippen LogP contribution in [0.5, 0.6) is 0 Å². The Hall–Kier alpha value is -2.76. The molecule has 7 nitrogen and oxygen atoms in total. The van der Waals surface area contributed by atoms with E-state index in [1.807, 2.05) is 6.26 Å². The number of hydrogen-bond donors (Lipinski definition) is 2. The van der Waals surface area contributed by atoms with Gasteiger partial charge in [0, 0.05) is 18.9 Å². The van der Waals surface area contributed by atoms with E-state index in [9.17, 15) is 22.0 Å². The monoisotopic (exact) mass is 494 g/mol. The molecule has 3 aromatic rings. The smallest absolute Gasteiger partial charge is 0.244 e. The summed E-state index contributed by atoms with van der Waals surface area (Å²) in [5.41, 5.74) is 0.832. The Morgan fingerprint density at radius 1 is 1.18 bits per heavy atom. The Morgan fingerprint density at radius 2 is 1.94 bits per heavy atom. The molecule has 0 saturated heterocycles. The Bertz CT molecular complexity index is 1230. The number of halogens is 2. The lowest BCUT2D eigenvalue weighted by Gasteiger charge is -2.19. The summed E-state index contributed by atoms with van der Waals surface area (Å²) >= 11 is 1.44. The molecule has 0 radical (unpaired) electrons. The van der Waals surface area contributed by atoms with E-state index in [0.717, 1.165) is 12.1 Å². The van der Waals surface area contributed by atoms with Gasteiger partial charge in [-0.1, -0.05) is 18.2 Å². The summed E-state index contributed by atoms with van der Waals surface area (Å²) in [6.07, 6.45) is 5.24. The maximum atomic E-state index is 14.6. The van der Waals surface area contributed by atoms with Gasteiger partial charge < -0.3 is 9.88 Å². The maximum absolute atomic E-state index is 14.6. The largest absolute Gasteiger partial charge is 0.351 e. The first-order chi connectivity index (χ1) is 15.7. The molecule has 0 fully saturated rings. The molecule has 0 saturated carbocycles. The van der Waals surface area contributed by atoms with Gasteiger partial charge in [0.05, 0.1) is 5.69 Å².